The van der Waals surface area contributed by atoms with Crippen molar-refractivity contribution in [3.05, 3.63) is 86.4 Å². The largest absolute Gasteiger partial charge is 0.338 e. The molecule has 4 aromatic rings. The van der Waals surface area contributed by atoms with Crippen LogP contribution in [0.25, 0.3) is 11.2 Å². The zero-order valence-electron chi connectivity index (χ0n) is 18.2. The average molecular weight is 463 g/mol. The Morgan fingerprint density at radius 3 is 2.82 bits per heavy atom. The molecule has 2 aromatic carbocycles. The summed E-state index contributed by atoms with van der Waals surface area (Å²) in [7, 11) is 0. The number of carbonyl (C=O) groups is 1. The second-order valence-electron chi connectivity index (χ2n) is 8.46. The number of nitrogens with one attached hydrogen (secondary N) is 1. The molecule has 3 heterocycles. The lowest BCUT2D eigenvalue weighted by Gasteiger charge is -2.32. The van der Waals surface area contributed by atoms with Crippen LogP contribution in [0, 0.1) is 6.92 Å². The fraction of sp³-hybridized carbons (Fsp3) is 0.292. The Kier molecular flexibility index (Phi) is 5.68. The van der Waals surface area contributed by atoms with Crippen LogP contribution in [0.15, 0.2) is 53.3 Å². The zero-order chi connectivity index (χ0) is 22.9. The second-order valence-corrected chi connectivity index (χ2v) is 8.89. The van der Waals surface area contributed by atoms with Gasteiger partial charge in [-0.3, -0.25) is 9.59 Å². The van der Waals surface area contributed by atoms with E-state index in [9.17, 15) is 9.59 Å². The minimum absolute atomic E-state index is 0.00390. The molecule has 1 aliphatic heterocycles. The maximum Gasteiger partial charge on any atom is 0.281 e. The Morgan fingerprint density at radius 1 is 1.21 bits per heavy atom. The molecule has 9 heteroatoms. The Balaban J connectivity index is 1.42. The van der Waals surface area contributed by atoms with Crippen molar-refractivity contribution in [2.24, 2.45) is 0 Å². The van der Waals surface area contributed by atoms with Crippen LogP contribution in [0.3, 0.4) is 0 Å². The number of carbonyl (C=O) groups excluding carboxylic acids is 1. The van der Waals surface area contributed by atoms with Crippen LogP contribution in [-0.4, -0.2) is 48.9 Å². The first-order valence-electron chi connectivity index (χ1n) is 10.9. The van der Waals surface area contributed by atoms with E-state index < -0.39 is 0 Å². The molecule has 1 atom stereocenters. The van der Waals surface area contributed by atoms with Crippen LogP contribution in [-0.2, 0) is 6.54 Å². The van der Waals surface area contributed by atoms with Gasteiger partial charge in [0.25, 0.3) is 11.5 Å². The molecule has 2 aromatic heterocycles. The number of rotatable bonds is 4. The standard InChI is InChI=1S/C24H23ClN6O2/c1-15-7-9-17(10-8-15)24(33)30-11-3-5-18(14-30)21-26-22-20(23(32)27-21)28-29-31(22)13-16-4-2-6-19(25)12-16/h2,4,6-10,12,18H,3,5,11,13-14H2,1H3,(H,26,27,32)/t18-/m0/s1. The van der Waals surface area contributed by atoms with Crippen molar-refractivity contribution in [3.63, 3.8) is 0 Å². The highest BCUT2D eigenvalue weighted by Crippen LogP contribution is 2.26. The number of likely N-dealkylation sites (tertiary alicyclic amines) is 1. The fourth-order valence-corrected chi connectivity index (χ4v) is 4.47. The predicted molar refractivity (Wildman–Crippen MR) is 126 cm³/mol. The van der Waals surface area contributed by atoms with Crippen molar-refractivity contribution in [3.8, 4) is 0 Å². The first-order valence-corrected chi connectivity index (χ1v) is 11.3. The van der Waals surface area contributed by atoms with Gasteiger partial charge in [-0.05, 0) is 49.6 Å². The molecule has 0 unspecified atom stereocenters. The average Bonchev–Trinajstić information content (AvgIpc) is 3.22. The summed E-state index contributed by atoms with van der Waals surface area (Å²) >= 11 is 6.10. The number of halogens is 1. The van der Waals surface area contributed by atoms with E-state index in [4.69, 9.17) is 16.6 Å². The summed E-state index contributed by atoms with van der Waals surface area (Å²) in [5.74, 6) is 0.485. The van der Waals surface area contributed by atoms with Crippen LogP contribution in [0.5, 0.6) is 0 Å². The summed E-state index contributed by atoms with van der Waals surface area (Å²) < 4.78 is 1.61. The van der Waals surface area contributed by atoms with Crippen LogP contribution >= 0.6 is 11.6 Å². The van der Waals surface area contributed by atoms with Crippen molar-refractivity contribution in [1.82, 2.24) is 29.9 Å². The monoisotopic (exact) mass is 462 g/mol. The number of nitrogens with zero attached hydrogens (tertiary/aromatic N) is 5. The fourth-order valence-electron chi connectivity index (χ4n) is 4.25. The molecule has 168 valence electrons. The van der Waals surface area contributed by atoms with Gasteiger partial charge >= 0.3 is 0 Å². The lowest BCUT2D eigenvalue weighted by molar-refractivity contribution is 0.0704. The van der Waals surface area contributed by atoms with Gasteiger partial charge in [0.05, 0.1) is 6.54 Å². The molecule has 0 aliphatic carbocycles. The molecule has 0 saturated carbocycles. The van der Waals surface area contributed by atoms with E-state index in [1.54, 1.807) is 10.7 Å². The molecule has 1 N–H and O–H groups in total. The van der Waals surface area contributed by atoms with E-state index in [1.807, 2.05) is 54.3 Å². The van der Waals surface area contributed by atoms with Crippen LogP contribution in [0.2, 0.25) is 5.02 Å². The first-order chi connectivity index (χ1) is 16.0. The quantitative estimate of drug-likeness (QED) is 0.500. The van der Waals surface area contributed by atoms with Gasteiger partial charge in [-0.2, -0.15) is 0 Å². The van der Waals surface area contributed by atoms with Crippen LogP contribution in [0.1, 0.15) is 46.1 Å². The van der Waals surface area contributed by atoms with Crippen molar-refractivity contribution >= 4 is 28.7 Å². The Bertz CT molecular complexity index is 1380. The summed E-state index contributed by atoms with van der Waals surface area (Å²) in [6.07, 6.45) is 1.67. The van der Waals surface area contributed by atoms with E-state index in [0.717, 1.165) is 24.0 Å². The number of hydrogen-bond acceptors (Lipinski definition) is 5. The molecule has 8 nitrogen and oxygen atoms in total. The third-order valence-electron chi connectivity index (χ3n) is 6.01. The normalized spacial score (nSPS) is 16.3. The number of aromatic amines is 1. The molecule has 5 rings (SSSR count). The second kappa shape index (κ2) is 8.78. The van der Waals surface area contributed by atoms with Gasteiger partial charge in [0.1, 0.15) is 5.82 Å². The molecular formula is C24H23ClN6O2. The lowest BCUT2D eigenvalue weighted by atomic mass is 9.96. The van der Waals surface area contributed by atoms with Gasteiger partial charge < -0.3 is 9.88 Å². The van der Waals surface area contributed by atoms with Crippen molar-refractivity contribution in [2.45, 2.75) is 32.2 Å². The highest BCUT2D eigenvalue weighted by atomic mass is 35.5. The number of hydrogen-bond donors (Lipinski definition) is 1. The third kappa shape index (κ3) is 4.39. The maximum absolute atomic E-state index is 13.0. The summed E-state index contributed by atoms with van der Waals surface area (Å²) in [4.78, 5) is 35.2. The van der Waals surface area contributed by atoms with Crippen LogP contribution in [0.4, 0.5) is 0 Å². The molecule has 1 aliphatic rings. The highest BCUT2D eigenvalue weighted by molar-refractivity contribution is 6.30. The summed E-state index contributed by atoms with van der Waals surface area (Å²) in [5.41, 5.74) is 3.02. The first kappa shape index (κ1) is 21.3. The SMILES string of the molecule is Cc1ccc(C(=O)N2CCC[C@H](c3nc4c(nnn4Cc4cccc(Cl)c4)c(=O)[nH]3)C2)cc1. The minimum Gasteiger partial charge on any atom is -0.338 e. The molecule has 1 saturated heterocycles. The molecule has 0 bridgehead atoms. The maximum atomic E-state index is 13.0. The van der Waals surface area contributed by atoms with Gasteiger partial charge in [-0.1, -0.05) is 46.6 Å². The zero-order valence-corrected chi connectivity index (χ0v) is 18.9. The molecule has 0 radical (unpaired) electrons. The Hall–Kier alpha value is -3.52. The number of H-pyrrole nitrogens is 1. The van der Waals surface area contributed by atoms with E-state index in [0.29, 0.717) is 41.7 Å². The predicted octanol–water partition coefficient (Wildman–Crippen LogP) is 3.54. The topological polar surface area (TPSA) is 96.8 Å². The Labute approximate surface area is 195 Å². The highest BCUT2D eigenvalue weighted by Gasteiger charge is 2.28. The summed E-state index contributed by atoms with van der Waals surface area (Å²) in [6, 6.07) is 15.0. The van der Waals surface area contributed by atoms with Gasteiger partial charge in [0, 0.05) is 29.6 Å². The number of piperidine rings is 1. The molecule has 1 fully saturated rings. The molecule has 1 amide bonds. The van der Waals surface area contributed by atoms with E-state index in [-0.39, 0.29) is 22.9 Å². The van der Waals surface area contributed by atoms with Crippen molar-refractivity contribution in [2.75, 3.05) is 13.1 Å². The van der Waals surface area contributed by atoms with Gasteiger partial charge in [0.2, 0.25) is 0 Å². The van der Waals surface area contributed by atoms with Crippen LogP contribution < -0.4 is 5.56 Å². The summed E-state index contributed by atoms with van der Waals surface area (Å²) in [5, 5.41) is 8.78. The van der Waals surface area contributed by atoms with Crippen molar-refractivity contribution in [1.29, 1.82) is 0 Å². The van der Waals surface area contributed by atoms with E-state index in [2.05, 4.69) is 15.3 Å². The van der Waals surface area contributed by atoms with Crippen molar-refractivity contribution < 1.29 is 4.79 Å². The number of aryl methyl sites for hydroxylation is 1. The number of amides is 1. The Morgan fingerprint density at radius 2 is 2.03 bits per heavy atom. The van der Waals surface area contributed by atoms with Gasteiger partial charge in [0.15, 0.2) is 11.2 Å². The van der Waals surface area contributed by atoms with E-state index in [1.165, 1.54) is 0 Å². The molecule has 33 heavy (non-hydrogen) atoms. The number of benzene rings is 2. The number of fused-ring (bicyclic) bond motifs is 1. The van der Waals surface area contributed by atoms with E-state index >= 15 is 0 Å². The van der Waals surface area contributed by atoms with Gasteiger partial charge in [-0.15, -0.1) is 5.10 Å². The lowest BCUT2D eigenvalue weighted by Crippen LogP contribution is -2.40. The smallest absolute Gasteiger partial charge is 0.281 e. The molecule has 0 spiro atoms. The van der Waals surface area contributed by atoms with Gasteiger partial charge in [-0.25, -0.2) is 9.67 Å². The summed E-state index contributed by atoms with van der Waals surface area (Å²) in [6.45, 7) is 3.58. The molecular weight excluding hydrogens is 440 g/mol. The number of aromatic nitrogens is 5. The third-order valence-corrected chi connectivity index (χ3v) is 6.24. The minimum atomic E-state index is -0.325.